The van der Waals surface area contributed by atoms with Gasteiger partial charge in [-0.05, 0) is 55.2 Å². The van der Waals surface area contributed by atoms with Crippen LogP contribution in [0.4, 0.5) is 4.79 Å². The summed E-state index contributed by atoms with van der Waals surface area (Å²) in [7, 11) is 0. The second-order valence-corrected chi connectivity index (χ2v) is 14.6. The van der Waals surface area contributed by atoms with E-state index in [-0.39, 0.29) is 37.4 Å². The van der Waals surface area contributed by atoms with E-state index in [9.17, 15) is 63.3 Å². The van der Waals surface area contributed by atoms with Crippen LogP contribution in [-0.4, -0.2) is 129 Å². The quantitative estimate of drug-likeness (QED) is 0.0387. The van der Waals surface area contributed by atoms with Crippen molar-refractivity contribution in [1.29, 1.82) is 0 Å². The third kappa shape index (κ3) is 18.8. The van der Waals surface area contributed by atoms with Gasteiger partial charge >= 0.3 is 18.0 Å². The molecule has 8 amide bonds. The molecule has 66 heavy (non-hydrogen) atoms. The van der Waals surface area contributed by atoms with Gasteiger partial charge in [-0.3, -0.25) is 43.2 Å². The monoisotopic (exact) mass is 924 g/mol. The Labute approximate surface area is 376 Å². The lowest BCUT2D eigenvalue weighted by atomic mass is 10.0. The van der Waals surface area contributed by atoms with Crippen molar-refractivity contribution >= 4 is 59.4 Å². The summed E-state index contributed by atoms with van der Waals surface area (Å²) in [6.07, 6.45) is -2.37. The lowest BCUT2D eigenvalue weighted by Gasteiger charge is -2.26. The Kier molecular flexibility index (Phi) is 21.1. The van der Waals surface area contributed by atoms with Crippen molar-refractivity contribution in [1.82, 2.24) is 37.2 Å². The number of phenolic OH excluding ortho intramolecular Hbond substituents is 1. The van der Waals surface area contributed by atoms with Crippen LogP contribution < -0.4 is 43.0 Å². The first-order valence-corrected chi connectivity index (χ1v) is 20.2. The number of furan rings is 1. The molecule has 13 N–H and O–H groups in total. The molecule has 3 rings (SSSR count). The predicted molar refractivity (Wildman–Crippen MR) is 226 cm³/mol. The van der Waals surface area contributed by atoms with E-state index in [0.717, 1.165) is 0 Å². The smallest absolute Gasteiger partial charge is 0.408 e. The second kappa shape index (κ2) is 26.6. The fourth-order valence-corrected chi connectivity index (χ4v) is 5.86. The Morgan fingerprint density at radius 2 is 1.17 bits per heavy atom. The van der Waals surface area contributed by atoms with Gasteiger partial charge in [-0.1, -0.05) is 42.5 Å². The molecule has 0 saturated carbocycles. The van der Waals surface area contributed by atoms with Gasteiger partial charge in [0.25, 0.3) is 0 Å². The highest BCUT2D eigenvalue weighted by molar-refractivity contribution is 5.97. The number of aliphatic hydroxyl groups excluding tert-OH is 1. The molecule has 3 aromatic rings. The Morgan fingerprint density at radius 1 is 0.621 bits per heavy atom. The Hall–Kier alpha value is -8.02. The topological polar surface area (TPSA) is 384 Å². The average molecular weight is 925 g/mol. The number of nitrogens with one attached hydrogen (secondary N) is 7. The molecule has 0 fully saturated rings. The largest absolute Gasteiger partial charge is 0.508 e. The Morgan fingerprint density at radius 3 is 1.73 bits per heavy atom. The molecular weight excluding hydrogens is 873 g/mol. The molecule has 0 aliphatic heterocycles. The summed E-state index contributed by atoms with van der Waals surface area (Å²) in [5, 5.41) is 54.5. The van der Waals surface area contributed by atoms with Crippen LogP contribution in [-0.2, 0) is 67.3 Å². The van der Waals surface area contributed by atoms with E-state index in [1.54, 1.807) is 30.3 Å². The number of primary amides is 1. The average Bonchev–Trinajstić information content (AvgIpc) is 3.80. The first-order chi connectivity index (χ1) is 31.3. The van der Waals surface area contributed by atoms with Crippen LogP contribution in [0.1, 0.15) is 49.5 Å². The molecular formula is C42H52N8O16. The van der Waals surface area contributed by atoms with Gasteiger partial charge in [0.1, 0.15) is 54.4 Å². The fourth-order valence-electron chi connectivity index (χ4n) is 5.86. The normalized spacial score (nSPS) is 13.4. The second-order valence-electron chi connectivity index (χ2n) is 14.6. The molecule has 0 bridgehead atoms. The summed E-state index contributed by atoms with van der Waals surface area (Å²) in [5.74, 6) is -9.78. The third-order valence-corrected chi connectivity index (χ3v) is 9.41. The highest BCUT2D eigenvalue weighted by atomic mass is 16.5. The maximum atomic E-state index is 13.9. The number of carbonyl (C=O) groups excluding carboxylic acids is 8. The van der Waals surface area contributed by atoms with Gasteiger partial charge < -0.3 is 72.5 Å². The SMILES string of the molecule is C[C@H](NC(=O)OCc1ccccc1)C(=O)NCC(=O)N[C@@H](CCC(=O)O)C(=O)N[C@@H](CO)C(=O)N[C@@H](Cc1ccco1)C(=O)N[C@@H](Cc1ccc(O)cc1)C(=O)N[C@@H](CCC(=O)O)C(N)=O. The minimum atomic E-state index is -1.83. The van der Waals surface area contributed by atoms with Crippen LogP contribution in [0.2, 0.25) is 0 Å². The van der Waals surface area contributed by atoms with Crippen molar-refractivity contribution in [3.63, 3.8) is 0 Å². The maximum absolute atomic E-state index is 13.9. The number of benzene rings is 2. The molecule has 356 valence electrons. The summed E-state index contributed by atoms with van der Waals surface area (Å²) in [6, 6.07) is 7.89. The first-order valence-electron chi connectivity index (χ1n) is 20.2. The van der Waals surface area contributed by atoms with Gasteiger partial charge in [-0.15, -0.1) is 0 Å². The van der Waals surface area contributed by atoms with Crippen LogP contribution >= 0.6 is 0 Å². The molecule has 0 aliphatic rings. The van der Waals surface area contributed by atoms with Crippen LogP contribution in [0.3, 0.4) is 0 Å². The Balaban J connectivity index is 1.72. The number of carboxylic acid groups (broad SMARTS) is 2. The number of phenols is 1. The number of aliphatic hydroxyl groups is 1. The maximum Gasteiger partial charge on any atom is 0.408 e. The summed E-state index contributed by atoms with van der Waals surface area (Å²) in [4.78, 5) is 127. The van der Waals surface area contributed by atoms with E-state index in [1.807, 2.05) is 0 Å². The van der Waals surface area contributed by atoms with Crippen LogP contribution in [0.25, 0.3) is 0 Å². The molecule has 0 saturated heterocycles. The van der Waals surface area contributed by atoms with Gasteiger partial charge in [-0.25, -0.2) is 4.79 Å². The number of rotatable bonds is 27. The van der Waals surface area contributed by atoms with Gasteiger partial charge in [0, 0.05) is 25.7 Å². The molecule has 2 aromatic carbocycles. The third-order valence-electron chi connectivity index (χ3n) is 9.41. The van der Waals surface area contributed by atoms with Crippen molar-refractivity contribution in [2.45, 2.75) is 88.3 Å². The Bertz CT molecular complexity index is 2150. The fraction of sp³-hybridized carbons (Fsp3) is 0.381. The van der Waals surface area contributed by atoms with E-state index < -0.39 is 128 Å². The number of alkyl carbamates (subject to hydrolysis) is 1. The van der Waals surface area contributed by atoms with Crippen LogP contribution in [0.15, 0.2) is 77.4 Å². The van der Waals surface area contributed by atoms with Gasteiger partial charge in [-0.2, -0.15) is 0 Å². The van der Waals surface area contributed by atoms with Crippen molar-refractivity contribution in [3.8, 4) is 5.75 Å². The van der Waals surface area contributed by atoms with E-state index in [2.05, 4.69) is 37.2 Å². The number of nitrogens with two attached hydrogens (primary N) is 1. The van der Waals surface area contributed by atoms with Crippen LogP contribution in [0.5, 0.6) is 5.75 Å². The number of amides is 8. The zero-order chi connectivity index (χ0) is 48.8. The van der Waals surface area contributed by atoms with E-state index >= 15 is 0 Å². The number of ether oxygens (including phenoxy) is 1. The van der Waals surface area contributed by atoms with E-state index in [0.29, 0.717) is 11.1 Å². The van der Waals surface area contributed by atoms with Crippen molar-refractivity contribution < 1.29 is 77.5 Å². The molecule has 0 aliphatic carbocycles. The number of hydrogen-bond donors (Lipinski definition) is 12. The summed E-state index contributed by atoms with van der Waals surface area (Å²) in [5.41, 5.74) is 6.49. The number of aromatic hydroxyl groups is 1. The van der Waals surface area contributed by atoms with E-state index in [4.69, 9.17) is 20.0 Å². The minimum absolute atomic E-state index is 0.0760. The standard InChI is InChI=1S/C42H52N8O16/c1-23(45-42(64)66-22-25-6-3-2-4-7-25)37(59)44-20-33(53)46-29(14-16-35(56)57)38(60)50-32(21-51)41(63)49-31(19-27-8-5-17-65-27)40(62)48-30(18-24-9-11-26(52)12-10-24)39(61)47-28(36(43)58)13-15-34(54)55/h2-12,17,23,28-32,51-52H,13-16,18-22H2,1H3,(H2,43,58)(H,44,59)(H,45,64)(H,46,53)(H,47,61)(H,48,62)(H,49,63)(H,50,60)(H,54,55)(H,56,57)/t23-,28-,29-,30-,31-,32-/m0/s1. The van der Waals surface area contributed by atoms with Gasteiger partial charge in [0.15, 0.2) is 0 Å². The van der Waals surface area contributed by atoms with Crippen LogP contribution in [0, 0.1) is 0 Å². The summed E-state index contributed by atoms with van der Waals surface area (Å²) >= 11 is 0. The zero-order valence-corrected chi connectivity index (χ0v) is 35.5. The number of aliphatic carboxylic acids is 2. The molecule has 1 heterocycles. The summed E-state index contributed by atoms with van der Waals surface area (Å²) < 4.78 is 10.4. The minimum Gasteiger partial charge on any atom is -0.508 e. The zero-order valence-electron chi connectivity index (χ0n) is 35.5. The lowest BCUT2D eigenvalue weighted by Crippen LogP contribution is -2.60. The van der Waals surface area contributed by atoms with Crippen molar-refractivity contribution in [2.75, 3.05) is 13.2 Å². The molecule has 0 spiro atoms. The van der Waals surface area contributed by atoms with Gasteiger partial charge in [0.2, 0.25) is 41.4 Å². The van der Waals surface area contributed by atoms with E-state index in [1.165, 1.54) is 49.6 Å². The first kappa shape index (κ1) is 52.3. The summed E-state index contributed by atoms with van der Waals surface area (Å²) in [6.45, 7) is -0.597. The molecule has 1 aromatic heterocycles. The van der Waals surface area contributed by atoms with Crippen molar-refractivity contribution in [2.24, 2.45) is 5.73 Å². The molecule has 24 nitrogen and oxygen atoms in total. The highest BCUT2D eigenvalue weighted by Crippen LogP contribution is 2.13. The van der Waals surface area contributed by atoms with Gasteiger partial charge in [0.05, 0.1) is 19.4 Å². The highest BCUT2D eigenvalue weighted by Gasteiger charge is 2.33. The molecule has 24 heteroatoms. The predicted octanol–water partition coefficient (Wildman–Crippen LogP) is -2.17. The number of carboxylic acids is 2. The number of hydrogen-bond acceptors (Lipinski definition) is 14. The number of carbonyl (C=O) groups is 10. The van der Waals surface area contributed by atoms with Crippen molar-refractivity contribution in [3.05, 3.63) is 89.9 Å². The lowest BCUT2D eigenvalue weighted by molar-refractivity contribution is -0.139. The molecule has 6 atom stereocenters. The molecule has 0 unspecified atom stereocenters. The molecule has 0 radical (unpaired) electrons.